The van der Waals surface area contributed by atoms with Crippen LogP contribution in [0, 0.1) is 18.3 Å². The predicted octanol–water partition coefficient (Wildman–Crippen LogP) is 2.70. The van der Waals surface area contributed by atoms with Crippen LogP contribution >= 0.6 is 0 Å². The highest BCUT2D eigenvalue weighted by atomic mass is 14.5. The van der Waals surface area contributed by atoms with Crippen LogP contribution < -0.4 is 5.73 Å². The number of allylic oxidation sites excluding steroid dienone is 4. The van der Waals surface area contributed by atoms with E-state index < -0.39 is 0 Å². The molecule has 2 unspecified atom stereocenters. The van der Waals surface area contributed by atoms with Gasteiger partial charge in [-0.25, -0.2) is 0 Å². The van der Waals surface area contributed by atoms with Crippen LogP contribution in [0.5, 0.6) is 0 Å². The molecule has 1 heteroatoms. The van der Waals surface area contributed by atoms with Crippen molar-refractivity contribution in [2.45, 2.75) is 26.7 Å². The lowest BCUT2D eigenvalue weighted by Crippen LogP contribution is -2.21. The molecular weight excluding hydrogens is 158 g/mol. The minimum absolute atomic E-state index is 0.590. The van der Waals surface area contributed by atoms with Gasteiger partial charge in [0, 0.05) is 0 Å². The summed E-state index contributed by atoms with van der Waals surface area (Å²) in [4.78, 5) is 0. The van der Waals surface area contributed by atoms with Gasteiger partial charge < -0.3 is 5.73 Å². The number of rotatable bonds is 4. The lowest BCUT2D eigenvalue weighted by molar-refractivity contribution is 0.412. The molecule has 0 aromatic rings. The Morgan fingerprint density at radius 2 is 2.31 bits per heavy atom. The number of hydrogen-bond donors (Lipinski definition) is 1. The predicted molar refractivity (Wildman–Crippen MR) is 58.1 cm³/mol. The Kier molecular flexibility index (Phi) is 4.23. The van der Waals surface area contributed by atoms with Crippen LogP contribution in [-0.4, -0.2) is 6.54 Å². The van der Waals surface area contributed by atoms with Gasteiger partial charge in [0.15, 0.2) is 0 Å². The number of hydrogen-bond acceptors (Lipinski definition) is 1. The molecule has 1 rings (SSSR count). The molecule has 1 nitrogen and oxygen atoms in total. The van der Waals surface area contributed by atoms with E-state index in [9.17, 15) is 0 Å². The van der Waals surface area contributed by atoms with E-state index in [-0.39, 0.29) is 0 Å². The minimum Gasteiger partial charge on any atom is -0.330 e. The largest absolute Gasteiger partial charge is 0.330 e. The molecular formula is C12H20N. The highest BCUT2D eigenvalue weighted by Crippen LogP contribution is 2.27. The molecule has 0 saturated heterocycles. The van der Waals surface area contributed by atoms with Gasteiger partial charge in [-0.3, -0.25) is 0 Å². The average Bonchev–Trinajstić information content (AvgIpc) is 2.20. The van der Waals surface area contributed by atoms with Crippen molar-refractivity contribution in [2.75, 3.05) is 6.54 Å². The summed E-state index contributed by atoms with van der Waals surface area (Å²) in [5.41, 5.74) is 7.14. The molecule has 0 heterocycles. The van der Waals surface area contributed by atoms with Crippen molar-refractivity contribution < 1.29 is 0 Å². The third-order valence-electron chi connectivity index (χ3n) is 2.82. The van der Waals surface area contributed by atoms with E-state index in [1.165, 1.54) is 12.0 Å². The molecule has 0 aromatic carbocycles. The highest BCUT2D eigenvalue weighted by molar-refractivity contribution is 5.29. The Labute approximate surface area is 81.7 Å². The van der Waals surface area contributed by atoms with E-state index >= 15 is 0 Å². The fourth-order valence-electron chi connectivity index (χ4n) is 1.92. The zero-order valence-corrected chi connectivity index (χ0v) is 8.66. The summed E-state index contributed by atoms with van der Waals surface area (Å²) in [5, 5.41) is 0. The second-order valence-corrected chi connectivity index (χ2v) is 3.77. The van der Waals surface area contributed by atoms with Gasteiger partial charge >= 0.3 is 0 Å². The Morgan fingerprint density at radius 1 is 1.54 bits per heavy atom. The summed E-state index contributed by atoms with van der Waals surface area (Å²) < 4.78 is 0. The molecule has 0 aromatic heterocycles. The Balaban J connectivity index is 2.65. The summed E-state index contributed by atoms with van der Waals surface area (Å²) >= 11 is 0. The highest BCUT2D eigenvalue weighted by Gasteiger charge is 2.17. The minimum atomic E-state index is 0.590. The molecule has 0 bridgehead atoms. The lowest BCUT2D eigenvalue weighted by Gasteiger charge is -2.24. The fraction of sp³-hybridized carbons (Fsp3) is 0.583. The van der Waals surface area contributed by atoms with Gasteiger partial charge in [0.25, 0.3) is 0 Å². The first kappa shape index (κ1) is 10.5. The van der Waals surface area contributed by atoms with E-state index in [0.29, 0.717) is 11.8 Å². The molecule has 13 heavy (non-hydrogen) atoms. The van der Waals surface area contributed by atoms with Crippen molar-refractivity contribution in [3.63, 3.8) is 0 Å². The van der Waals surface area contributed by atoms with Crippen molar-refractivity contribution in [2.24, 2.45) is 17.6 Å². The van der Waals surface area contributed by atoms with Gasteiger partial charge in [0.1, 0.15) is 0 Å². The zero-order valence-electron chi connectivity index (χ0n) is 8.66. The summed E-state index contributed by atoms with van der Waals surface area (Å²) in [6, 6.07) is 0. The van der Waals surface area contributed by atoms with Crippen molar-refractivity contribution in [3.05, 3.63) is 30.2 Å². The molecule has 1 aliphatic carbocycles. The zero-order chi connectivity index (χ0) is 9.68. The third kappa shape index (κ3) is 2.70. The van der Waals surface area contributed by atoms with Gasteiger partial charge in [0.2, 0.25) is 0 Å². The fourth-order valence-corrected chi connectivity index (χ4v) is 1.92. The van der Waals surface area contributed by atoms with Crippen LogP contribution in [0.2, 0.25) is 0 Å². The lowest BCUT2D eigenvalue weighted by atomic mass is 9.83. The average molecular weight is 178 g/mol. The standard InChI is InChI=1S/C12H20N/c1-3-12(10(2)9-13)11-7-5-4-6-8-11/h5-8,10,12H,3-4,9,13H2,1-2H3. The topological polar surface area (TPSA) is 26.0 Å². The third-order valence-corrected chi connectivity index (χ3v) is 2.82. The van der Waals surface area contributed by atoms with Crippen LogP contribution in [0.25, 0.3) is 0 Å². The summed E-state index contributed by atoms with van der Waals surface area (Å²) in [6.45, 7) is 5.25. The van der Waals surface area contributed by atoms with E-state index in [1.54, 1.807) is 0 Å². The molecule has 0 amide bonds. The van der Waals surface area contributed by atoms with Crippen LogP contribution in [0.15, 0.2) is 23.8 Å². The maximum atomic E-state index is 5.69. The Bertz CT molecular complexity index is 203. The monoisotopic (exact) mass is 178 g/mol. The molecule has 0 fully saturated rings. The van der Waals surface area contributed by atoms with Gasteiger partial charge in [-0.05, 0) is 43.2 Å². The van der Waals surface area contributed by atoms with Gasteiger partial charge in [-0.2, -0.15) is 0 Å². The van der Waals surface area contributed by atoms with Crippen molar-refractivity contribution in [3.8, 4) is 0 Å². The molecule has 2 N–H and O–H groups in total. The maximum Gasteiger partial charge on any atom is -0.00457 e. The second kappa shape index (κ2) is 5.23. The normalized spacial score (nSPS) is 21.0. The van der Waals surface area contributed by atoms with Gasteiger partial charge in [-0.1, -0.05) is 32.1 Å². The summed E-state index contributed by atoms with van der Waals surface area (Å²) in [5.74, 6) is 1.23. The van der Waals surface area contributed by atoms with E-state index in [4.69, 9.17) is 5.73 Å². The van der Waals surface area contributed by atoms with E-state index in [0.717, 1.165) is 13.0 Å². The molecule has 0 saturated carbocycles. The molecule has 2 atom stereocenters. The molecule has 0 spiro atoms. The first-order chi connectivity index (χ1) is 6.29. The van der Waals surface area contributed by atoms with Gasteiger partial charge in [-0.15, -0.1) is 0 Å². The van der Waals surface area contributed by atoms with E-state index in [1.807, 2.05) is 0 Å². The second-order valence-electron chi connectivity index (χ2n) is 3.77. The number of nitrogens with two attached hydrogens (primary N) is 1. The van der Waals surface area contributed by atoms with E-state index in [2.05, 4.69) is 38.5 Å². The molecule has 73 valence electrons. The van der Waals surface area contributed by atoms with Crippen LogP contribution in [0.3, 0.4) is 0 Å². The van der Waals surface area contributed by atoms with Crippen molar-refractivity contribution in [1.82, 2.24) is 0 Å². The molecule has 1 aliphatic rings. The molecule has 0 aliphatic heterocycles. The Hall–Kier alpha value is -0.560. The first-order valence-electron chi connectivity index (χ1n) is 5.19. The van der Waals surface area contributed by atoms with Crippen LogP contribution in [0.1, 0.15) is 26.7 Å². The summed E-state index contributed by atoms with van der Waals surface area (Å²) in [7, 11) is 0. The van der Waals surface area contributed by atoms with Crippen molar-refractivity contribution in [1.29, 1.82) is 0 Å². The smallest absolute Gasteiger partial charge is 0.00457 e. The molecule has 1 radical (unpaired) electrons. The van der Waals surface area contributed by atoms with Gasteiger partial charge in [0.05, 0.1) is 0 Å². The summed E-state index contributed by atoms with van der Waals surface area (Å²) in [6.07, 6.45) is 11.2. The van der Waals surface area contributed by atoms with Crippen molar-refractivity contribution >= 4 is 0 Å². The first-order valence-corrected chi connectivity index (χ1v) is 5.19. The maximum absolute atomic E-state index is 5.69. The Morgan fingerprint density at radius 3 is 2.77 bits per heavy atom. The quantitative estimate of drug-likeness (QED) is 0.703. The van der Waals surface area contributed by atoms with Crippen LogP contribution in [0.4, 0.5) is 0 Å². The van der Waals surface area contributed by atoms with Crippen LogP contribution in [-0.2, 0) is 0 Å². The SMILES string of the molecule is CCC(C1=C[CH]CC=C1)C(C)CN.